The van der Waals surface area contributed by atoms with Gasteiger partial charge in [-0.05, 0) is 48.4 Å². The summed E-state index contributed by atoms with van der Waals surface area (Å²) >= 11 is 3.24. The molecule has 1 N–H and O–H groups in total. The van der Waals surface area contributed by atoms with Gasteiger partial charge in [-0.3, -0.25) is 4.79 Å². The van der Waals surface area contributed by atoms with Crippen LogP contribution < -0.4 is 5.32 Å². The molecule has 0 spiro atoms. The number of carbonyl (C=O) groups is 1. The second-order valence-electron chi connectivity index (χ2n) is 7.08. The van der Waals surface area contributed by atoms with Gasteiger partial charge in [0.05, 0.1) is 18.2 Å². The summed E-state index contributed by atoms with van der Waals surface area (Å²) in [5, 5.41) is 13.7. The average Bonchev–Trinajstić information content (AvgIpc) is 3.06. The summed E-state index contributed by atoms with van der Waals surface area (Å²) in [4.78, 5) is 23.8. The highest BCUT2D eigenvalue weighted by atomic mass is 32.2. The Morgan fingerprint density at radius 2 is 2.18 bits per heavy atom. The Morgan fingerprint density at radius 3 is 2.96 bits per heavy atom. The van der Waals surface area contributed by atoms with Crippen LogP contribution in [0.25, 0.3) is 10.2 Å². The molecule has 0 unspecified atom stereocenters. The predicted molar refractivity (Wildman–Crippen MR) is 114 cm³/mol. The summed E-state index contributed by atoms with van der Waals surface area (Å²) in [6, 6.07) is 9.49. The van der Waals surface area contributed by atoms with Crippen molar-refractivity contribution in [3.05, 3.63) is 46.6 Å². The van der Waals surface area contributed by atoms with Crippen molar-refractivity contribution >= 4 is 44.9 Å². The van der Waals surface area contributed by atoms with Gasteiger partial charge in [-0.25, -0.2) is 9.97 Å². The molecule has 0 saturated carbocycles. The molecule has 142 valence electrons. The first-order chi connectivity index (χ1) is 13.6. The molecule has 1 atom stereocenters. The maximum absolute atomic E-state index is 12.4. The van der Waals surface area contributed by atoms with E-state index in [0.717, 1.165) is 45.3 Å². The predicted octanol–water partition coefficient (Wildman–Crippen LogP) is 4.61. The number of nitrogens with zero attached hydrogens (tertiary/aromatic N) is 3. The molecule has 0 fully saturated rings. The Kier molecular flexibility index (Phi) is 5.60. The molecule has 2 aromatic heterocycles. The van der Waals surface area contributed by atoms with Crippen molar-refractivity contribution in [2.24, 2.45) is 5.92 Å². The van der Waals surface area contributed by atoms with Crippen LogP contribution in [0.4, 0.5) is 5.69 Å². The lowest BCUT2D eigenvalue weighted by atomic mass is 9.89. The van der Waals surface area contributed by atoms with E-state index in [2.05, 4.69) is 28.3 Å². The van der Waals surface area contributed by atoms with Crippen LogP contribution in [0.15, 0.2) is 35.6 Å². The third kappa shape index (κ3) is 4.03. The molecule has 4 rings (SSSR count). The number of aryl methyl sites for hydroxylation is 1. The number of carbonyl (C=O) groups excluding carboxylic acids is 1. The molecular formula is C21H20N4OS2. The largest absolute Gasteiger partial charge is 0.325 e. The van der Waals surface area contributed by atoms with Gasteiger partial charge < -0.3 is 5.32 Å². The number of aromatic nitrogens is 2. The number of thiophene rings is 1. The maximum Gasteiger partial charge on any atom is 0.234 e. The highest BCUT2D eigenvalue weighted by Gasteiger charge is 2.23. The fraction of sp³-hybridized carbons (Fsp3) is 0.333. The van der Waals surface area contributed by atoms with Crippen molar-refractivity contribution in [2.45, 2.75) is 37.6 Å². The van der Waals surface area contributed by atoms with Crippen molar-refractivity contribution in [2.75, 3.05) is 11.1 Å². The smallest absolute Gasteiger partial charge is 0.234 e. The molecule has 3 aromatic rings. The fourth-order valence-corrected chi connectivity index (χ4v) is 5.72. The van der Waals surface area contributed by atoms with Crippen molar-refractivity contribution in [1.82, 2.24) is 9.97 Å². The van der Waals surface area contributed by atoms with E-state index in [4.69, 9.17) is 5.26 Å². The van der Waals surface area contributed by atoms with Gasteiger partial charge in [0.15, 0.2) is 0 Å². The zero-order valence-corrected chi connectivity index (χ0v) is 17.2. The Morgan fingerprint density at radius 1 is 1.36 bits per heavy atom. The van der Waals surface area contributed by atoms with E-state index in [1.807, 2.05) is 24.3 Å². The lowest BCUT2D eigenvalue weighted by Crippen LogP contribution is -2.14. The molecule has 0 bridgehead atoms. The Bertz CT molecular complexity index is 1050. The van der Waals surface area contributed by atoms with Gasteiger partial charge in [0.25, 0.3) is 0 Å². The summed E-state index contributed by atoms with van der Waals surface area (Å²) in [5.41, 5.74) is 3.06. The third-order valence-electron chi connectivity index (χ3n) is 4.92. The summed E-state index contributed by atoms with van der Waals surface area (Å²) in [6.45, 7) is 2.30. The summed E-state index contributed by atoms with van der Waals surface area (Å²) < 4.78 is 0. The second-order valence-corrected chi connectivity index (χ2v) is 9.13. The summed E-state index contributed by atoms with van der Waals surface area (Å²) in [5.74, 6) is 0.949. The fourth-order valence-electron chi connectivity index (χ4n) is 3.48. The first kappa shape index (κ1) is 18.9. The standard InChI is InChI=1S/C21H20N4OS2/c1-13-2-7-16-17(10-13)28-21-19(16)20(23-12-24-21)27-11-18(26)25-15-5-3-14(4-6-15)8-9-22/h3-6,12-13H,2,7-8,10-11H2,1H3,(H,25,26)/t13-/m1/s1. The summed E-state index contributed by atoms with van der Waals surface area (Å²) in [6.07, 6.45) is 5.35. The van der Waals surface area contributed by atoms with Gasteiger partial charge >= 0.3 is 0 Å². The molecule has 2 heterocycles. The normalized spacial score (nSPS) is 15.8. The van der Waals surface area contributed by atoms with Gasteiger partial charge in [0, 0.05) is 16.0 Å². The number of hydrogen-bond donors (Lipinski definition) is 1. The number of anilines is 1. The molecular weight excluding hydrogens is 388 g/mol. The SMILES string of the molecule is C[C@@H]1CCc2c(sc3ncnc(SCC(=O)Nc4ccc(CC#N)cc4)c23)C1. The van der Waals surface area contributed by atoms with Crippen LogP contribution in [0.5, 0.6) is 0 Å². The number of hydrogen-bond acceptors (Lipinski definition) is 6. The van der Waals surface area contributed by atoms with Gasteiger partial charge in [-0.2, -0.15) is 5.26 Å². The Balaban J connectivity index is 1.45. The van der Waals surface area contributed by atoms with Gasteiger partial charge in [0.1, 0.15) is 16.2 Å². The van der Waals surface area contributed by atoms with Crippen molar-refractivity contribution < 1.29 is 4.79 Å². The quantitative estimate of drug-likeness (QED) is 0.492. The number of thioether (sulfide) groups is 1. The number of benzene rings is 1. The monoisotopic (exact) mass is 408 g/mol. The number of nitriles is 1. The number of fused-ring (bicyclic) bond motifs is 3. The maximum atomic E-state index is 12.4. The van der Waals surface area contributed by atoms with E-state index in [9.17, 15) is 4.79 Å². The van der Waals surface area contributed by atoms with Crippen molar-refractivity contribution in [3.8, 4) is 6.07 Å². The zero-order chi connectivity index (χ0) is 19.5. The zero-order valence-electron chi connectivity index (χ0n) is 15.6. The topological polar surface area (TPSA) is 78.7 Å². The molecule has 1 aliphatic rings. The van der Waals surface area contributed by atoms with E-state index in [1.165, 1.54) is 28.6 Å². The second kappa shape index (κ2) is 8.29. The molecule has 1 aliphatic carbocycles. The van der Waals surface area contributed by atoms with Crippen LogP contribution in [-0.4, -0.2) is 21.6 Å². The third-order valence-corrected chi connectivity index (χ3v) is 7.07. The number of rotatable bonds is 5. The molecule has 5 nitrogen and oxygen atoms in total. The molecule has 0 aliphatic heterocycles. The molecule has 7 heteroatoms. The lowest BCUT2D eigenvalue weighted by molar-refractivity contribution is -0.113. The molecule has 0 radical (unpaired) electrons. The first-order valence-electron chi connectivity index (χ1n) is 9.28. The lowest BCUT2D eigenvalue weighted by Gasteiger charge is -2.18. The molecule has 1 amide bonds. The van der Waals surface area contributed by atoms with Crippen molar-refractivity contribution in [3.63, 3.8) is 0 Å². The molecule has 1 aromatic carbocycles. The van der Waals surface area contributed by atoms with Crippen LogP contribution in [0, 0.1) is 17.2 Å². The Labute approximate surface area is 172 Å². The first-order valence-corrected chi connectivity index (χ1v) is 11.1. The van der Waals surface area contributed by atoms with Crippen molar-refractivity contribution in [1.29, 1.82) is 5.26 Å². The minimum Gasteiger partial charge on any atom is -0.325 e. The van der Waals surface area contributed by atoms with Crippen LogP contribution in [0.1, 0.15) is 29.3 Å². The molecule has 28 heavy (non-hydrogen) atoms. The van der Waals surface area contributed by atoms with Crippen LogP contribution >= 0.6 is 23.1 Å². The number of amides is 1. The van der Waals surface area contributed by atoms with E-state index >= 15 is 0 Å². The Hall–Kier alpha value is -2.43. The van der Waals surface area contributed by atoms with Crippen LogP contribution in [0.3, 0.4) is 0 Å². The summed E-state index contributed by atoms with van der Waals surface area (Å²) in [7, 11) is 0. The number of nitrogens with one attached hydrogen (secondary N) is 1. The van der Waals surface area contributed by atoms with Crippen LogP contribution in [-0.2, 0) is 24.1 Å². The van der Waals surface area contributed by atoms with Gasteiger partial charge in [-0.1, -0.05) is 30.8 Å². The van der Waals surface area contributed by atoms with Crippen LogP contribution in [0.2, 0.25) is 0 Å². The minimum absolute atomic E-state index is 0.0671. The minimum atomic E-state index is -0.0671. The van der Waals surface area contributed by atoms with Gasteiger partial charge in [-0.15, -0.1) is 11.3 Å². The van der Waals surface area contributed by atoms with E-state index in [1.54, 1.807) is 17.7 Å². The van der Waals surface area contributed by atoms with E-state index in [-0.39, 0.29) is 5.91 Å². The highest BCUT2D eigenvalue weighted by Crippen LogP contribution is 2.40. The molecule has 0 saturated heterocycles. The van der Waals surface area contributed by atoms with E-state index in [0.29, 0.717) is 12.2 Å². The van der Waals surface area contributed by atoms with E-state index < -0.39 is 0 Å². The average molecular weight is 409 g/mol. The van der Waals surface area contributed by atoms with Gasteiger partial charge in [0.2, 0.25) is 5.91 Å². The highest BCUT2D eigenvalue weighted by molar-refractivity contribution is 8.00.